The van der Waals surface area contributed by atoms with Crippen LogP contribution in [0.2, 0.25) is 0 Å². The molecule has 2 heterocycles. The molecule has 8 aromatic rings. The summed E-state index contributed by atoms with van der Waals surface area (Å²) in [6.45, 7) is 0. The molecule has 6 aromatic carbocycles. The predicted octanol–water partition coefficient (Wildman–Crippen LogP) is 10.6. The van der Waals surface area contributed by atoms with Crippen molar-refractivity contribution in [2.45, 2.75) is 0 Å². The predicted molar refractivity (Wildman–Crippen MR) is 158 cm³/mol. The van der Waals surface area contributed by atoms with Gasteiger partial charge in [-0.25, -0.2) is 0 Å². The van der Waals surface area contributed by atoms with Crippen LogP contribution in [0.4, 0.5) is 0 Å². The maximum Gasteiger partial charge on any atom is 0.135 e. The van der Waals surface area contributed by atoms with E-state index >= 15 is 0 Å². The minimum absolute atomic E-state index is 0.798. The average Bonchev–Trinajstić information content (AvgIpc) is 3.55. The van der Waals surface area contributed by atoms with Gasteiger partial charge < -0.3 is 13.6 Å². The third-order valence-corrected chi connectivity index (χ3v) is 7.37. The van der Waals surface area contributed by atoms with Crippen LogP contribution in [0.25, 0.3) is 66.1 Å². The molecule has 8 rings (SSSR count). The van der Waals surface area contributed by atoms with Crippen LogP contribution in [-0.4, -0.2) is 0 Å². The second-order valence-electron chi connectivity index (χ2n) is 9.71. The Morgan fingerprint density at radius 3 is 1.28 bits per heavy atom. The lowest BCUT2D eigenvalue weighted by molar-refractivity contribution is 0.486. The van der Waals surface area contributed by atoms with Crippen molar-refractivity contribution in [1.82, 2.24) is 0 Å². The van der Waals surface area contributed by atoms with Gasteiger partial charge in [0.15, 0.2) is 0 Å². The second-order valence-corrected chi connectivity index (χ2v) is 9.71. The lowest BCUT2D eigenvalue weighted by Gasteiger charge is -2.15. The smallest absolute Gasteiger partial charge is 0.135 e. The fourth-order valence-electron chi connectivity index (χ4n) is 5.49. The summed E-state index contributed by atoms with van der Waals surface area (Å²) in [4.78, 5) is 0. The molecular formula is C36H22O3. The summed E-state index contributed by atoms with van der Waals surface area (Å²) in [6.07, 6.45) is 0. The minimum atomic E-state index is 0.798. The van der Waals surface area contributed by atoms with Crippen molar-refractivity contribution in [3.05, 3.63) is 133 Å². The molecule has 0 N–H and O–H groups in total. The Kier molecular flexibility index (Phi) is 4.82. The first kappa shape index (κ1) is 21.8. The molecule has 0 radical (unpaired) electrons. The quantitative estimate of drug-likeness (QED) is 0.240. The fourth-order valence-corrected chi connectivity index (χ4v) is 5.49. The van der Waals surface area contributed by atoms with Crippen LogP contribution in [0.3, 0.4) is 0 Å². The molecule has 0 spiro atoms. The molecule has 0 bridgehead atoms. The van der Waals surface area contributed by atoms with E-state index in [-0.39, 0.29) is 0 Å². The summed E-state index contributed by atoms with van der Waals surface area (Å²) in [6, 6.07) is 45.3. The molecule has 0 unspecified atom stereocenters. The van der Waals surface area contributed by atoms with Crippen molar-refractivity contribution < 1.29 is 13.6 Å². The van der Waals surface area contributed by atoms with Crippen molar-refractivity contribution in [3.63, 3.8) is 0 Å². The molecule has 0 fully saturated rings. The second kappa shape index (κ2) is 8.64. The number of ether oxygens (including phenoxy) is 1. The van der Waals surface area contributed by atoms with Crippen molar-refractivity contribution in [3.8, 4) is 33.8 Å². The van der Waals surface area contributed by atoms with Gasteiger partial charge in [-0.15, -0.1) is 0 Å². The highest BCUT2D eigenvalue weighted by molar-refractivity contribution is 6.07. The molecule has 2 aromatic heterocycles. The van der Waals surface area contributed by atoms with Gasteiger partial charge >= 0.3 is 0 Å². The molecule has 0 aliphatic carbocycles. The average molecular weight is 503 g/mol. The highest BCUT2D eigenvalue weighted by Gasteiger charge is 2.15. The van der Waals surface area contributed by atoms with E-state index in [0.717, 1.165) is 77.6 Å². The maximum atomic E-state index is 6.66. The summed E-state index contributed by atoms with van der Waals surface area (Å²) < 4.78 is 18.8. The van der Waals surface area contributed by atoms with Crippen LogP contribution >= 0.6 is 0 Å². The first-order valence-corrected chi connectivity index (χ1v) is 13.0. The summed E-state index contributed by atoms with van der Waals surface area (Å²) in [5, 5.41) is 4.42. The molecule has 3 nitrogen and oxygen atoms in total. The molecule has 0 saturated carbocycles. The Bertz CT molecular complexity index is 2010. The minimum Gasteiger partial charge on any atom is -0.456 e. The van der Waals surface area contributed by atoms with Crippen LogP contribution in [0.5, 0.6) is 11.5 Å². The van der Waals surface area contributed by atoms with Crippen molar-refractivity contribution in [2.24, 2.45) is 0 Å². The summed E-state index contributed by atoms with van der Waals surface area (Å²) in [5.41, 5.74) is 7.75. The number of rotatable bonds is 4. The molecule has 39 heavy (non-hydrogen) atoms. The summed E-state index contributed by atoms with van der Waals surface area (Å²) in [7, 11) is 0. The largest absolute Gasteiger partial charge is 0.456 e. The van der Waals surface area contributed by atoms with Crippen LogP contribution in [0, 0.1) is 0 Å². The molecule has 0 aliphatic rings. The van der Waals surface area contributed by atoms with Gasteiger partial charge in [-0.05, 0) is 59.7 Å². The van der Waals surface area contributed by atoms with E-state index in [4.69, 9.17) is 13.6 Å². The van der Waals surface area contributed by atoms with Crippen molar-refractivity contribution in [2.75, 3.05) is 0 Å². The zero-order chi connectivity index (χ0) is 25.8. The van der Waals surface area contributed by atoms with Crippen LogP contribution in [0.1, 0.15) is 0 Å². The summed E-state index contributed by atoms with van der Waals surface area (Å²) in [5.74, 6) is 1.60. The molecule has 0 saturated heterocycles. The van der Waals surface area contributed by atoms with Gasteiger partial charge in [0.2, 0.25) is 0 Å². The molecule has 184 valence electrons. The third kappa shape index (κ3) is 3.59. The van der Waals surface area contributed by atoms with Crippen LogP contribution < -0.4 is 4.74 Å². The van der Waals surface area contributed by atoms with Crippen LogP contribution in [-0.2, 0) is 0 Å². The Morgan fingerprint density at radius 1 is 0.359 bits per heavy atom. The van der Waals surface area contributed by atoms with E-state index in [1.807, 2.05) is 84.9 Å². The zero-order valence-corrected chi connectivity index (χ0v) is 20.9. The Labute approximate surface area is 224 Å². The topological polar surface area (TPSA) is 35.5 Å². The van der Waals surface area contributed by atoms with Crippen molar-refractivity contribution in [1.29, 1.82) is 0 Å². The van der Waals surface area contributed by atoms with E-state index in [9.17, 15) is 0 Å². The normalized spacial score (nSPS) is 11.6. The first-order chi connectivity index (χ1) is 19.3. The SMILES string of the molecule is c1ccc(-c2ccc3oc4ccccc4c3c2)c(Oc2ccccc2-c2ccc3oc4ccccc4c3c2)c1. The van der Waals surface area contributed by atoms with E-state index in [2.05, 4.69) is 48.5 Å². The summed E-state index contributed by atoms with van der Waals surface area (Å²) >= 11 is 0. The molecule has 3 heteroatoms. The number of para-hydroxylation sites is 4. The lowest BCUT2D eigenvalue weighted by Crippen LogP contribution is -1.91. The highest BCUT2D eigenvalue weighted by atomic mass is 16.5. The van der Waals surface area contributed by atoms with Gasteiger partial charge in [-0.1, -0.05) is 84.9 Å². The number of hydrogen-bond donors (Lipinski definition) is 0. The maximum absolute atomic E-state index is 6.66. The van der Waals surface area contributed by atoms with Gasteiger partial charge in [-0.3, -0.25) is 0 Å². The molecule has 0 atom stereocenters. The van der Waals surface area contributed by atoms with E-state index in [1.54, 1.807) is 0 Å². The Hall–Kier alpha value is -5.28. The van der Waals surface area contributed by atoms with Gasteiger partial charge in [0.1, 0.15) is 33.8 Å². The van der Waals surface area contributed by atoms with E-state index in [0.29, 0.717) is 0 Å². The lowest BCUT2D eigenvalue weighted by atomic mass is 10.0. The monoisotopic (exact) mass is 502 g/mol. The Balaban J connectivity index is 1.22. The van der Waals surface area contributed by atoms with Gasteiger partial charge in [0, 0.05) is 32.7 Å². The fraction of sp³-hybridized carbons (Fsp3) is 0. The number of benzene rings is 6. The highest BCUT2D eigenvalue weighted by Crippen LogP contribution is 2.41. The molecular weight excluding hydrogens is 480 g/mol. The van der Waals surface area contributed by atoms with Crippen LogP contribution in [0.15, 0.2) is 142 Å². The number of fused-ring (bicyclic) bond motifs is 6. The van der Waals surface area contributed by atoms with Gasteiger partial charge in [0.05, 0.1) is 0 Å². The Morgan fingerprint density at radius 2 is 0.769 bits per heavy atom. The van der Waals surface area contributed by atoms with E-state index in [1.165, 1.54) is 0 Å². The molecule has 0 aliphatic heterocycles. The first-order valence-electron chi connectivity index (χ1n) is 13.0. The van der Waals surface area contributed by atoms with Crippen molar-refractivity contribution >= 4 is 43.9 Å². The standard InChI is InChI=1S/C36H22O3/c1-5-13-31(25(9-1)23-17-19-35-29(21-23)27-11-3-7-15-33(27)38-35)37-32-14-6-2-10-26(32)24-18-20-36-30(22-24)28-12-4-8-16-34(28)39-36/h1-22H. The molecule has 0 amide bonds. The number of furan rings is 2. The number of hydrogen-bond acceptors (Lipinski definition) is 3. The van der Waals surface area contributed by atoms with E-state index < -0.39 is 0 Å². The van der Waals surface area contributed by atoms with Gasteiger partial charge in [-0.2, -0.15) is 0 Å². The zero-order valence-electron chi connectivity index (χ0n) is 20.9. The van der Waals surface area contributed by atoms with Gasteiger partial charge in [0.25, 0.3) is 0 Å². The third-order valence-electron chi connectivity index (χ3n) is 7.37.